The maximum atomic E-state index is 11.9. The molecule has 5 nitrogen and oxygen atoms in total. The lowest BCUT2D eigenvalue weighted by molar-refractivity contribution is -0.115. The van der Waals surface area contributed by atoms with Crippen LogP contribution in [0.25, 0.3) is 6.08 Å². The first-order valence-corrected chi connectivity index (χ1v) is 8.15. The first kappa shape index (κ1) is 18.6. The largest absolute Gasteiger partial charge is 0.332 e. The van der Waals surface area contributed by atoms with Gasteiger partial charge in [0.25, 0.3) is 0 Å². The van der Waals surface area contributed by atoms with E-state index in [-0.39, 0.29) is 16.9 Å². The molecule has 0 radical (unpaired) electrons. The molecule has 0 aliphatic carbocycles. The van der Waals surface area contributed by atoms with E-state index in [1.165, 1.54) is 13.0 Å². The normalized spacial score (nSPS) is 10.3. The third-order valence-electron chi connectivity index (χ3n) is 3.00. The summed E-state index contributed by atoms with van der Waals surface area (Å²) in [5.41, 5.74) is 2.01. The molecule has 2 aromatic rings. The maximum absolute atomic E-state index is 11.9. The molecule has 7 heteroatoms. The summed E-state index contributed by atoms with van der Waals surface area (Å²) < 4.78 is 0. The lowest BCUT2D eigenvalue weighted by atomic mass is 10.2. The van der Waals surface area contributed by atoms with E-state index in [2.05, 4.69) is 16.0 Å². The molecule has 0 aromatic heterocycles. The second kappa shape index (κ2) is 8.96. The van der Waals surface area contributed by atoms with Crippen molar-refractivity contribution in [2.75, 3.05) is 10.6 Å². The van der Waals surface area contributed by atoms with Crippen molar-refractivity contribution in [2.45, 2.75) is 6.92 Å². The quantitative estimate of drug-likeness (QED) is 0.562. The molecule has 0 aliphatic heterocycles. The molecule has 0 saturated heterocycles. The highest BCUT2D eigenvalue weighted by molar-refractivity contribution is 7.80. The molecule has 0 atom stereocenters. The summed E-state index contributed by atoms with van der Waals surface area (Å²) in [6.07, 6.45) is 2.96. The Labute approximate surface area is 156 Å². The van der Waals surface area contributed by atoms with Crippen LogP contribution >= 0.6 is 23.8 Å². The minimum absolute atomic E-state index is 0.147. The van der Waals surface area contributed by atoms with Crippen LogP contribution in [0, 0.1) is 0 Å². The van der Waals surface area contributed by atoms with Gasteiger partial charge >= 0.3 is 0 Å². The van der Waals surface area contributed by atoms with Gasteiger partial charge in [-0.3, -0.25) is 14.9 Å². The zero-order valence-electron chi connectivity index (χ0n) is 13.4. The highest BCUT2D eigenvalue weighted by Crippen LogP contribution is 2.16. The molecule has 0 fully saturated rings. The van der Waals surface area contributed by atoms with Crippen molar-refractivity contribution in [3.63, 3.8) is 0 Å². The average molecular weight is 374 g/mol. The number of benzene rings is 2. The Morgan fingerprint density at radius 3 is 2.40 bits per heavy atom. The van der Waals surface area contributed by atoms with Gasteiger partial charge in [0.2, 0.25) is 11.8 Å². The summed E-state index contributed by atoms with van der Waals surface area (Å²) in [4.78, 5) is 23.0. The van der Waals surface area contributed by atoms with E-state index < -0.39 is 0 Å². The Hall–Kier alpha value is -2.70. The van der Waals surface area contributed by atoms with Crippen molar-refractivity contribution in [2.24, 2.45) is 0 Å². The predicted octanol–water partition coefficient (Wildman–Crippen LogP) is 3.82. The van der Waals surface area contributed by atoms with Crippen LogP contribution in [0.3, 0.4) is 0 Å². The Kier molecular flexibility index (Phi) is 6.68. The summed E-state index contributed by atoms with van der Waals surface area (Å²) in [5, 5.41) is 8.80. The minimum atomic E-state index is -0.379. The first-order chi connectivity index (χ1) is 11.9. The summed E-state index contributed by atoms with van der Waals surface area (Å²) in [7, 11) is 0. The van der Waals surface area contributed by atoms with Crippen LogP contribution in [0.4, 0.5) is 11.4 Å². The van der Waals surface area contributed by atoms with E-state index in [9.17, 15) is 9.59 Å². The number of hydrogen-bond donors (Lipinski definition) is 3. The fourth-order valence-electron chi connectivity index (χ4n) is 1.97. The second-order valence-corrected chi connectivity index (χ2v) is 5.88. The van der Waals surface area contributed by atoms with Gasteiger partial charge in [-0.2, -0.15) is 0 Å². The van der Waals surface area contributed by atoms with Crippen LogP contribution < -0.4 is 16.0 Å². The molecule has 2 rings (SSSR count). The lowest BCUT2D eigenvalue weighted by Gasteiger charge is -2.10. The third-order valence-corrected chi connectivity index (χ3v) is 3.55. The highest BCUT2D eigenvalue weighted by Gasteiger charge is 2.03. The van der Waals surface area contributed by atoms with Gasteiger partial charge in [0.15, 0.2) is 5.11 Å². The summed E-state index contributed by atoms with van der Waals surface area (Å²) in [6.45, 7) is 1.43. The van der Waals surface area contributed by atoms with Crippen molar-refractivity contribution in [3.05, 3.63) is 65.2 Å². The molecule has 2 aromatic carbocycles. The van der Waals surface area contributed by atoms with E-state index in [1.54, 1.807) is 42.5 Å². The van der Waals surface area contributed by atoms with Crippen LogP contribution in [-0.2, 0) is 9.59 Å². The number of anilines is 2. The molecular weight excluding hydrogens is 358 g/mol. The first-order valence-electron chi connectivity index (χ1n) is 7.36. The molecule has 128 valence electrons. The van der Waals surface area contributed by atoms with Crippen molar-refractivity contribution in [1.29, 1.82) is 0 Å². The Morgan fingerprint density at radius 1 is 1.04 bits per heavy atom. The van der Waals surface area contributed by atoms with Crippen LogP contribution in [0.5, 0.6) is 0 Å². The Morgan fingerprint density at radius 2 is 1.72 bits per heavy atom. The SMILES string of the molecule is CC(=O)Nc1cccc(NC(=S)NC(=O)/C=C/c2ccccc2Cl)c1. The predicted molar refractivity (Wildman–Crippen MR) is 106 cm³/mol. The van der Waals surface area contributed by atoms with Gasteiger partial charge in [0.1, 0.15) is 0 Å². The van der Waals surface area contributed by atoms with Crippen LogP contribution in [0.2, 0.25) is 5.02 Å². The fraction of sp³-hybridized carbons (Fsp3) is 0.0556. The second-order valence-electron chi connectivity index (χ2n) is 5.06. The fourth-order valence-corrected chi connectivity index (χ4v) is 2.39. The molecule has 0 bridgehead atoms. The molecule has 0 unspecified atom stereocenters. The Bertz CT molecular complexity index is 837. The van der Waals surface area contributed by atoms with E-state index >= 15 is 0 Å². The molecule has 2 amide bonds. The molecule has 0 heterocycles. The van der Waals surface area contributed by atoms with Crippen molar-refractivity contribution < 1.29 is 9.59 Å². The minimum Gasteiger partial charge on any atom is -0.332 e. The number of nitrogens with one attached hydrogen (secondary N) is 3. The van der Waals surface area contributed by atoms with Crippen LogP contribution in [0.1, 0.15) is 12.5 Å². The number of carbonyl (C=O) groups excluding carboxylic acids is 2. The topological polar surface area (TPSA) is 70.2 Å². The number of thiocarbonyl (C=S) groups is 1. The van der Waals surface area contributed by atoms with Gasteiger partial charge in [-0.25, -0.2) is 0 Å². The lowest BCUT2D eigenvalue weighted by Crippen LogP contribution is -2.32. The third kappa shape index (κ3) is 6.37. The summed E-state index contributed by atoms with van der Waals surface area (Å²) >= 11 is 11.1. The molecular formula is C18H16ClN3O2S. The summed E-state index contributed by atoms with van der Waals surface area (Å²) in [6, 6.07) is 14.2. The van der Waals surface area contributed by atoms with E-state index in [0.29, 0.717) is 16.4 Å². The maximum Gasteiger partial charge on any atom is 0.250 e. The zero-order valence-corrected chi connectivity index (χ0v) is 14.9. The zero-order chi connectivity index (χ0) is 18.2. The monoisotopic (exact) mass is 373 g/mol. The van der Waals surface area contributed by atoms with Crippen molar-refractivity contribution >= 4 is 58.2 Å². The molecule has 3 N–H and O–H groups in total. The number of amides is 2. The van der Waals surface area contributed by atoms with Crippen LogP contribution in [0.15, 0.2) is 54.6 Å². The van der Waals surface area contributed by atoms with Gasteiger partial charge in [-0.05, 0) is 48.1 Å². The number of hydrogen-bond acceptors (Lipinski definition) is 3. The summed E-state index contributed by atoms with van der Waals surface area (Å²) in [5.74, 6) is -0.548. The van der Waals surface area contributed by atoms with Crippen molar-refractivity contribution in [1.82, 2.24) is 5.32 Å². The number of carbonyl (C=O) groups is 2. The number of rotatable bonds is 4. The molecule has 25 heavy (non-hydrogen) atoms. The standard InChI is InChI=1S/C18H16ClN3O2S/c1-12(23)20-14-6-4-7-15(11-14)21-18(25)22-17(24)10-9-13-5-2-3-8-16(13)19/h2-11H,1H3,(H,20,23)(H2,21,22,24,25)/b10-9+. The van der Waals surface area contributed by atoms with E-state index in [4.69, 9.17) is 23.8 Å². The van der Waals surface area contributed by atoms with Gasteiger partial charge in [0.05, 0.1) is 0 Å². The number of halogens is 1. The molecule has 0 saturated carbocycles. The molecule has 0 aliphatic rings. The van der Waals surface area contributed by atoms with Gasteiger partial charge in [-0.1, -0.05) is 35.9 Å². The van der Waals surface area contributed by atoms with Crippen molar-refractivity contribution in [3.8, 4) is 0 Å². The highest BCUT2D eigenvalue weighted by atomic mass is 35.5. The van der Waals surface area contributed by atoms with Gasteiger partial charge in [0, 0.05) is 29.4 Å². The van der Waals surface area contributed by atoms with Gasteiger partial charge in [-0.15, -0.1) is 0 Å². The Balaban J connectivity index is 1.92. The molecule has 0 spiro atoms. The van der Waals surface area contributed by atoms with Gasteiger partial charge < -0.3 is 10.6 Å². The van der Waals surface area contributed by atoms with E-state index in [0.717, 1.165) is 5.56 Å². The average Bonchev–Trinajstić information content (AvgIpc) is 2.53. The van der Waals surface area contributed by atoms with E-state index in [1.807, 2.05) is 12.1 Å². The smallest absolute Gasteiger partial charge is 0.250 e. The van der Waals surface area contributed by atoms with Crippen LogP contribution in [-0.4, -0.2) is 16.9 Å².